The maximum atomic E-state index is 12.4. The van der Waals surface area contributed by atoms with E-state index in [9.17, 15) is 14.9 Å². The van der Waals surface area contributed by atoms with Crippen molar-refractivity contribution in [2.75, 3.05) is 11.9 Å². The smallest absolute Gasteiger partial charge is 0.292 e. The molecule has 28 heavy (non-hydrogen) atoms. The molecule has 2 aromatic carbocycles. The molecule has 0 heterocycles. The van der Waals surface area contributed by atoms with Crippen LogP contribution >= 0.6 is 28.1 Å². The number of carbonyl (C=O) groups is 1. The minimum atomic E-state index is -0.506. The highest BCUT2D eigenvalue weighted by atomic mass is 79.9. The summed E-state index contributed by atoms with van der Waals surface area (Å²) in [5.74, 6) is 0.217. The Bertz CT molecular complexity index is 905. The van der Waals surface area contributed by atoms with Crippen LogP contribution in [-0.2, 0) is 0 Å². The number of nitrogens with one attached hydrogen (secondary N) is 2. The van der Waals surface area contributed by atoms with Gasteiger partial charge in [0.2, 0.25) is 0 Å². The van der Waals surface area contributed by atoms with Gasteiger partial charge in [-0.3, -0.25) is 20.2 Å². The molecule has 0 fully saturated rings. The van der Waals surface area contributed by atoms with Gasteiger partial charge in [0.05, 0.1) is 16.0 Å². The van der Waals surface area contributed by atoms with Crippen LogP contribution < -0.4 is 15.4 Å². The number of unbranched alkanes of at least 4 members (excludes halogenated alkanes) is 1. The molecular formula is C19H20BrN3O4S. The van der Waals surface area contributed by atoms with Crippen LogP contribution in [0, 0.1) is 17.0 Å². The van der Waals surface area contributed by atoms with E-state index in [-0.39, 0.29) is 16.5 Å². The van der Waals surface area contributed by atoms with Crippen LogP contribution in [0.5, 0.6) is 5.75 Å². The number of amides is 1. The SMILES string of the molecule is CCCCOc1ccc(C(=O)NC(=S)Nc2ccc(C)cc2[N+](=O)[O-])cc1Br. The molecule has 0 radical (unpaired) electrons. The van der Waals surface area contributed by atoms with E-state index in [2.05, 4.69) is 33.5 Å². The highest BCUT2D eigenvalue weighted by molar-refractivity contribution is 9.10. The number of thiocarbonyl (C=S) groups is 1. The molecule has 0 saturated heterocycles. The van der Waals surface area contributed by atoms with Crippen molar-refractivity contribution < 1.29 is 14.5 Å². The Labute approximate surface area is 176 Å². The third-order valence-corrected chi connectivity index (χ3v) is 4.60. The van der Waals surface area contributed by atoms with E-state index in [1.54, 1.807) is 37.3 Å². The number of anilines is 1. The largest absolute Gasteiger partial charge is 0.492 e. The Morgan fingerprint density at radius 1 is 1.29 bits per heavy atom. The second-order valence-corrected chi connectivity index (χ2v) is 7.30. The number of halogens is 1. The van der Waals surface area contributed by atoms with Crippen LogP contribution in [0.4, 0.5) is 11.4 Å². The summed E-state index contributed by atoms with van der Waals surface area (Å²) in [6, 6.07) is 9.65. The first-order valence-electron chi connectivity index (χ1n) is 8.61. The summed E-state index contributed by atoms with van der Waals surface area (Å²) >= 11 is 8.51. The lowest BCUT2D eigenvalue weighted by Gasteiger charge is -2.12. The molecule has 0 atom stereocenters. The molecule has 148 valence electrons. The number of hydrogen-bond acceptors (Lipinski definition) is 5. The van der Waals surface area contributed by atoms with Crippen LogP contribution in [0.2, 0.25) is 0 Å². The molecule has 2 N–H and O–H groups in total. The molecule has 0 aliphatic heterocycles. The molecule has 0 bridgehead atoms. The monoisotopic (exact) mass is 465 g/mol. The van der Waals surface area contributed by atoms with E-state index in [0.29, 0.717) is 22.4 Å². The fourth-order valence-electron chi connectivity index (χ4n) is 2.31. The first-order valence-corrected chi connectivity index (χ1v) is 9.81. The third-order valence-electron chi connectivity index (χ3n) is 3.77. The summed E-state index contributed by atoms with van der Waals surface area (Å²) in [5, 5.41) is 16.4. The Kier molecular flexibility index (Phi) is 7.89. The standard InChI is InChI=1S/C19H20BrN3O4S/c1-3-4-9-27-17-8-6-13(11-14(17)20)18(24)22-19(28)21-15-7-5-12(2)10-16(15)23(25)26/h5-8,10-11H,3-4,9H2,1-2H3,(H2,21,22,24,28). The van der Waals surface area contributed by atoms with E-state index in [1.807, 2.05) is 0 Å². The number of nitrogens with zero attached hydrogens (tertiary/aromatic N) is 1. The second-order valence-electron chi connectivity index (χ2n) is 6.03. The van der Waals surface area contributed by atoms with Crippen LogP contribution in [0.1, 0.15) is 35.7 Å². The van der Waals surface area contributed by atoms with Crippen molar-refractivity contribution in [2.45, 2.75) is 26.7 Å². The van der Waals surface area contributed by atoms with Gasteiger partial charge in [-0.05, 0) is 71.3 Å². The predicted molar refractivity (Wildman–Crippen MR) is 116 cm³/mol. The summed E-state index contributed by atoms with van der Waals surface area (Å²) in [5.41, 5.74) is 1.21. The minimum Gasteiger partial charge on any atom is -0.492 e. The Morgan fingerprint density at radius 3 is 2.68 bits per heavy atom. The molecule has 0 saturated carbocycles. The minimum absolute atomic E-state index is 0.0312. The number of hydrogen-bond donors (Lipinski definition) is 2. The molecule has 0 spiro atoms. The molecule has 1 amide bonds. The maximum Gasteiger partial charge on any atom is 0.292 e. The fourth-order valence-corrected chi connectivity index (χ4v) is 3.01. The Balaban J connectivity index is 2.04. The average molecular weight is 466 g/mol. The van der Waals surface area contributed by atoms with E-state index in [0.717, 1.165) is 18.4 Å². The molecule has 0 aliphatic carbocycles. The van der Waals surface area contributed by atoms with Crippen molar-refractivity contribution in [1.82, 2.24) is 5.32 Å². The fraction of sp³-hybridized carbons (Fsp3) is 0.263. The van der Waals surface area contributed by atoms with E-state index >= 15 is 0 Å². The summed E-state index contributed by atoms with van der Waals surface area (Å²) in [6.07, 6.45) is 1.97. The van der Waals surface area contributed by atoms with Gasteiger partial charge in [-0.25, -0.2) is 0 Å². The van der Waals surface area contributed by atoms with Crippen molar-refractivity contribution in [3.8, 4) is 5.75 Å². The molecule has 7 nitrogen and oxygen atoms in total. The zero-order valence-corrected chi connectivity index (χ0v) is 17.9. The van der Waals surface area contributed by atoms with Gasteiger partial charge in [0, 0.05) is 11.6 Å². The van der Waals surface area contributed by atoms with Gasteiger partial charge in [-0.15, -0.1) is 0 Å². The third kappa shape index (κ3) is 6.00. The van der Waals surface area contributed by atoms with Gasteiger partial charge in [0.25, 0.3) is 11.6 Å². The Hall–Kier alpha value is -2.52. The number of nitro benzene ring substituents is 1. The van der Waals surface area contributed by atoms with E-state index < -0.39 is 10.8 Å². The van der Waals surface area contributed by atoms with Crippen molar-refractivity contribution in [3.63, 3.8) is 0 Å². The van der Waals surface area contributed by atoms with Gasteiger partial charge >= 0.3 is 0 Å². The zero-order chi connectivity index (χ0) is 20.7. The van der Waals surface area contributed by atoms with Gasteiger partial charge in [-0.2, -0.15) is 0 Å². The lowest BCUT2D eigenvalue weighted by atomic mass is 10.2. The van der Waals surface area contributed by atoms with Gasteiger partial charge in [-0.1, -0.05) is 19.4 Å². The number of rotatable bonds is 7. The number of nitro groups is 1. The quantitative estimate of drug-likeness (QED) is 0.259. The van der Waals surface area contributed by atoms with Crippen LogP contribution in [0.3, 0.4) is 0 Å². The zero-order valence-electron chi connectivity index (χ0n) is 15.5. The van der Waals surface area contributed by atoms with Crippen molar-refractivity contribution in [3.05, 3.63) is 62.1 Å². The van der Waals surface area contributed by atoms with Crippen LogP contribution in [0.25, 0.3) is 0 Å². The lowest BCUT2D eigenvalue weighted by molar-refractivity contribution is -0.383. The van der Waals surface area contributed by atoms with E-state index in [1.165, 1.54) is 6.07 Å². The molecule has 2 rings (SSSR count). The highest BCUT2D eigenvalue weighted by Crippen LogP contribution is 2.27. The molecule has 0 aliphatic rings. The van der Waals surface area contributed by atoms with Crippen LogP contribution in [-0.4, -0.2) is 22.5 Å². The Morgan fingerprint density at radius 2 is 2.04 bits per heavy atom. The summed E-state index contributed by atoms with van der Waals surface area (Å²) < 4.78 is 6.29. The second kappa shape index (κ2) is 10.1. The number of benzene rings is 2. The topological polar surface area (TPSA) is 93.5 Å². The van der Waals surface area contributed by atoms with Gasteiger partial charge in [0.1, 0.15) is 11.4 Å². The summed E-state index contributed by atoms with van der Waals surface area (Å²) in [4.78, 5) is 23.1. The summed E-state index contributed by atoms with van der Waals surface area (Å²) in [6.45, 7) is 4.43. The van der Waals surface area contributed by atoms with E-state index in [4.69, 9.17) is 17.0 Å². The molecule has 9 heteroatoms. The number of carbonyl (C=O) groups excluding carboxylic acids is 1. The molecule has 0 unspecified atom stereocenters. The first-order chi connectivity index (χ1) is 13.3. The molecule has 0 aromatic heterocycles. The lowest BCUT2D eigenvalue weighted by Crippen LogP contribution is -2.34. The highest BCUT2D eigenvalue weighted by Gasteiger charge is 2.16. The number of aryl methyl sites for hydroxylation is 1. The number of ether oxygens (including phenoxy) is 1. The first kappa shape index (κ1) is 21.8. The predicted octanol–water partition coefficient (Wildman–Crippen LogP) is 4.97. The summed E-state index contributed by atoms with van der Waals surface area (Å²) in [7, 11) is 0. The van der Waals surface area contributed by atoms with Gasteiger partial charge in [0.15, 0.2) is 5.11 Å². The van der Waals surface area contributed by atoms with Crippen molar-refractivity contribution in [2.24, 2.45) is 0 Å². The molecular weight excluding hydrogens is 446 g/mol. The maximum absolute atomic E-state index is 12.4. The van der Waals surface area contributed by atoms with Crippen molar-refractivity contribution in [1.29, 1.82) is 0 Å². The normalized spacial score (nSPS) is 10.2. The van der Waals surface area contributed by atoms with Crippen LogP contribution in [0.15, 0.2) is 40.9 Å². The average Bonchev–Trinajstić information content (AvgIpc) is 2.64. The van der Waals surface area contributed by atoms with Crippen molar-refractivity contribution >= 4 is 50.5 Å². The van der Waals surface area contributed by atoms with Gasteiger partial charge < -0.3 is 10.1 Å². The molecule has 2 aromatic rings.